The largest absolute Gasteiger partial charge is 0.508 e. The lowest BCUT2D eigenvalue weighted by Crippen LogP contribution is -2.45. The molecule has 0 bridgehead atoms. The fourth-order valence-corrected chi connectivity index (χ4v) is 2.03. The van der Waals surface area contributed by atoms with Crippen molar-refractivity contribution in [2.45, 2.75) is 0 Å². The Morgan fingerprint density at radius 2 is 1.72 bits per heavy atom. The highest BCUT2D eigenvalue weighted by Gasteiger charge is 2.21. The number of hydrogen-bond acceptors (Lipinski definition) is 6. The summed E-state index contributed by atoms with van der Waals surface area (Å²) in [5, 5.41) is 31.5. The summed E-state index contributed by atoms with van der Waals surface area (Å²) in [7, 11) is 0. The molecule has 0 aliphatic carbocycles. The van der Waals surface area contributed by atoms with Gasteiger partial charge < -0.3 is 20.6 Å². The normalized spacial score (nSPS) is 16.7. The summed E-state index contributed by atoms with van der Waals surface area (Å²) < 4.78 is 0. The van der Waals surface area contributed by atoms with Crippen LogP contribution in [0.1, 0.15) is 10.4 Å². The van der Waals surface area contributed by atoms with Crippen molar-refractivity contribution in [3.8, 4) is 17.2 Å². The fourth-order valence-electron chi connectivity index (χ4n) is 2.03. The number of phenolic OH excluding ortho intramolecular Hbond substituents is 3. The SMILES string of the molecule is O=C(CN1CCNCC1)c1c(O)cc(O)cc1O. The second-order valence-corrected chi connectivity index (χ2v) is 4.31. The number of aromatic hydroxyl groups is 3. The molecule has 0 atom stereocenters. The summed E-state index contributed by atoms with van der Waals surface area (Å²) in [4.78, 5) is 14.0. The second-order valence-electron chi connectivity index (χ2n) is 4.31. The second kappa shape index (κ2) is 5.24. The number of Topliss-reactive ketones (excluding diaryl/α,β-unsaturated/α-hetero) is 1. The van der Waals surface area contributed by atoms with Gasteiger partial charge in [0.2, 0.25) is 0 Å². The average molecular weight is 252 g/mol. The number of rotatable bonds is 3. The molecule has 6 heteroatoms. The fraction of sp³-hybridized carbons (Fsp3) is 0.417. The zero-order valence-corrected chi connectivity index (χ0v) is 9.89. The summed E-state index contributed by atoms with van der Waals surface area (Å²) >= 11 is 0. The van der Waals surface area contributed by atoms with Gasteiger partial charge in [-0.15, -0.1) is 0 Å². The van der Waals surface area contributed by atoms with Crippen LogP contribution in [0.15, 0.2) is 12.1 Å². The maximum Gasteiger partial charge on any atom is 0.184 e. The van der Waals surface area contributed by atoms with Crippen molar-refractivity contribution in [2.75, 3.05) is 32.7 Å². The molecule has 1 aromatic rings. The Balaban J connectivity index is 2.13. The zero-order valence-electron chi connectivity index (χ0n) is 9.89. The van der Waals surface area contributed by atoms with Crippen molar-refractivity contribution in [3.63, 3.8) is 0 Å². The summed E-state index contributed by atoms with van der Waals surface area (Å²) in [5.41, 5.74) is -0.133. The highest BCUT2D eigenvalue weighted by atomic mass is 16.3. The number of carbonyl (C=O) groups excluding carboxylic acids is 1. The Labute approximate surface area is 104 Å². The highest BCUT2D eigenvalue weighted by molar-refractivity contribution is 6.02. The van der Waals surface area contributed by atoms with Gasteiger partial charge in [0.1, 0.15) is 22.8 Å². The first-order chi connectivity index (χ1) is 8.58. The van der Waals surface area contributed by atoms with Gasteiger partial charge in [-0.2, -0.15) is 0 Å². The Bertz CT molecular complexity index is 432. The number of piperazine rings is 1. The van der Waals surface area contributed by atoms with Crippen molar-refractivity contribution in [1.29, 1.82) is 0 Å². The van der Waals surface area contributed by atoms with Crippen molar-refractivity contribution in [2.24, 2.45) is 0 Å². The van der Waals surface area contributed by atoms with E-state index in [0.717, 1.165) is 38.3 Å². The predicted octanol–water partition coefficient (Wildman–Crippen LogP) is -0.109. The molecule has 1 aliphatic rings. The lowest BCUT2D eigenvalue weighted by Gasteiger charge is -2.26. The third-order valence-corrected chi connectivity index (χ3v) is 2.94. The molecule has 0 unspecified atom stereocenters. The van der Waals surface area contributed by atoms with Crippen LogP contribution in [0, 0.1) is 0 Å². The highest BCUT2D eigenvalue weighted by Crippen LogP contribution is 2.32. The summed E-state index contributed by atoms with van der Waals surface area (Å²) in [6.07, 6.45) is 0. The summed E-state index contributed by atoms with van der Waals surface area (Å²) in [6, 6.07) is 2.09. The average Bonchev–Trinajstić information content (AvgIpc) is 2.28. The number of nitrogens with one attached hydrogen (secondary N) is 1. The van der Waals surface area contributed by atoms with Gasteiger partial charge in [0.15, 0.2) is 5.78 Å². The number of phenols is 3. The van der Waals surface area contributed by atoms with E-state index in [1.807, 2.05) is 4.90 Å². The number of benzene rings is 1. The van der Waals surface area contributed by atoms with Gasteiger partial charge in [0, 0.05) is 38.3 Å². The number of ketones is 1. The molecular weight excluding hydrogens is 236 g/mol. The molecule has 98 valence electrons. The maximum absolute atomic E-state index is 12.0. The van der Waals surface area contributed by atoms with Gasteiger partial charge in [-0.3, -0.25) is 9.69 Å². The van der Waals surface area contributed by atoms with Crippen LogP contribution >= 0.6 is 0 Å². The lowest BCUT2D eigenvalue weighted by molar-refractivity contribution is 0.0916. The third kappa shape index (κ3) is 2.72. The standard InChI is InChI=1S/C12H16N2O4/c15-8-5-9(16)12(10(17)6-8)11(18)7-14-3-1-13-2-4-14/h5-6,13,15-17H,1-4,7H2. The monoisotopic (exact) mass is 252 g/mol. The van der Waals surface area contributed by atoms with Crippen LogP contribution < -0.4 is 5.32 Å². The van der Waals surface area contributed by atoms with Gasteiger partial charge >= 0.3 is 0 Å². The van der Waals surface area contributed by atoms with E-state index >= 15 is 0 Å². The first-order valence-electron chi connectivity index (χ1n) is 5.79. The molecule has 6 nitrogen and oxygen atoms in total. The number of carbonyl (C=O) groups is 1. The molecular formula is C12H16N2O4. The Morgan fingerprint density at radius 1 is 1.17 bits per heavy atom. The van der Waals surface area contributed by atoms with Crippen LogP contribution in [0.5, 0.6) is 17.2 Å². The van der Waals surface area contributed by atoms with Gasteiger partial charge in [-0.05, 0) is 0 Å². The summed E-state index contributed by atoms with van der Waals surface area (Å²) in [6.45, 7) is 3.30. The molecule has 0 saturated carbocycles. The first-order valence-corrected chi connectivity index (χ1v) is 5.79. The molecule has 0 spiro atoms. The van der Waals surface area contributed by atoms with Crippen LogP contribution in [0.2, 0.25) is 0 Å². The van der Waals surface area contributed by atoms with Gasteiger partial charge in [-0.1, -0.05) is 0 Å². The number of hydrogen-bond donors (Lipinski definition) is 4. The molecule has 0 aromatic heterocycles. The van der Waals surface area contributed by atoms with Gasteiger partial charge in [0.05, 0.1) is 6.54 Å². The van der Waals surface area contributed by atoms with Crippen LogP contribution in [0.4, 0.5) is 0 Å². The molecule has 2 rings (SSSR count). The van der Waals surface area contributed by atoms with E-state index in [1.54, 1.807) is 0 Å². The molecule has 1 aliphatic heterocycles. The molecule has 0 amide bonds. The first kappa shape index (κ1) is 12.7. The topological polar surface area (TPSA) is 93.0 Å². The van der Waals surface area contributed by atoms with Crippen LogP contribution in [0.25, 0.3) is 0 Å². The Hall–Kier alpha value is -1.79. The van der Waals surface area contributed by atoms with E-state index in [1.165, 1.54) is 0 Å². The minimum absolute atomic E-state index is 0.133. The molecule has 1 heterocycles. The van der Waals surface area contributed by atoms with E-state index in [-0.39, 0.29) is 23.6 Å². The molecule has 1 fully saturated rings. The van der Waals surface area contributed by atoms with E-state index < -0.39 is 11.5 Å². The van der Waals surface area contributed by atoms with Crippen molar-refractivity contribution < 1.29 is 20.1 Å². The smallest absolute Gasteiger partial charge is 0.184 e. The van der Waals surface area contributed by atoms with Crippen LogP contribution in [0.3, 0.4) is 0 Å². The van der Waals surface area contributed by atoms with E-state index in [9.17, 15) is 20.1 Å². The van der Waals surface area contributed by atoms with Crippen molar-refractivity contribution in [3.05, 3.63) is 17.7 Å². The van der Waals surface area contributed by atoms with Gasteiger partial charge in [0.25, 0.3) is 0 Å². The van der Waals surface area contributed by atoms with E-state index in [4.69, 9.17) is 0 Å². The minimum atomic E-state index is -0.396. The number of nitrogens with zero attached hydrogens (tertiary/aromatic N) is 1. The molecule has 1 saturated heterocycles. The van der Waals surface area contributed by atoms with Crippen LogP contribution in [-0.2, 0) is 0 Å². The molecule has 18 heavy (non-hydrogen) atoms. The Kier molecular flexibility index (Phi) is 3.69. The van der Waals surface area contributed by atoms with Crippen LogP contribution in [-0.4, -0.2) is 58.7 Å². The zero-order chi connectivity index (χ0) is 13.1. The summed E-state index contributed by atoms with van der Waals surface area (Å²) in [5.74, 6) is -1.42. The minimum Gasteiger partial charge on any atom is -0.508 e. The maximum atomic E-state index is 12.0. The van der Waals surface area contributed by atoms with Crippen molar-refractivity contribution >= 4 is 5.78 Å². The third-order valence-electron chi connectivity index (χ3n) is 2.94. The van der Waals surface area contributed by atoms with Crippen molar-refractivity contribution in [1.82, 2.24) is 10.2 Å². The lowest BCUT2D eigenvalue weighted by atomic mass is 10.1. The molecule has 4 N–H and O–H groups in total. The molecule has 0 radical (unpaired) electrons. The Morgan fingerprint density at radius 3 is 2.28 bits per heavy atom. The van der Waals surface area contributed by atoms with E-state index in [2.05, 4.69) is 5.32 Å². The quantitative estimate of drug-likeness (QED) is 0.561. The predicted molar refractivity (Wildman–Crippen MR) is 65.1 cm³/mol. The molecule has 1 aromatic carbocycles. The van der Waals surface area contributed by atoms with Gasteiger partial charge in [-0.25, -0.2) is 0 Å². The van der Waals surface area contributed by atoms with E-state index in [0.29, 0.717) is 0 Å².